The molecule has 0 bridgehead atoms. The average molecular weight is 211 g/mol. The van der Waals surface area contributed by atoms with Gasteiger partial charge in [-0.1, -0.05) is 5.11 Å². The summed E-state index contributed by atoms with van der Waals surface area (Å²) in [6, 6.07) is 0. The normalized spacial score (nSPS) is 14.3. The van der Waals surface area contributed by atoms with Crippen molar-refractivity contribution >= 4 is 0 Å². The van der Waals surface area contributed by atoms with E-state index in [0.717, 1.165) is 0 Å². The van der Waals surface area contributed by atoms with Crippen LogP contribution < -0.4 is 0 Å². The number of nitrogens with zero attached hydrogens (tertiary/aromatic N) is 4. The predicted octanol–water partition coefficient (Wildman–Crippen LogP) is 0.813. The van der Waals surface area contributed by atoms with Gasteiger partial charge in [-0.2, -0.15) is 5.10 Å². The molecular weight excluding hydrogens is 198 g/mol. The van der Waals surface area contributed by atoms with Crippen molar-refractivity contribution in [3.63, 3.8) is 0 Å². The van der Waals surface area contributed by atoms with Gasteiger partial charge in [-0.15, -0.1) is 0 Å². The first kappa shape index (κ1) is 11.5. The van der Waals surface area contributed by atoms with E-state index in [-0.39, 0.29) is 13.0 Å². The summed E-state index contributed by atoms with van der Waals surface area (Å²) in [4.78, 5) is 2.56. The zero-order valence-electron chi connectivity index (χ0n) is 8.33. The van der Waals surface area contributed by atoms with Gasteiger partial charge in [0.15, 0.2) is 0 Å². The van der Waals surface area contributed by atoms with Crippen molar-refractivity contribution in [3.05, 3.63) is 27.9 Å². The molecule has 1 rings (SSSR count). The van der Waals surface area contributed by atoms with Crippen LogP contribution in [0.1, 0.15) is 23.8 Å². The molecule has 0 aromatic carbocycles. The number of nitrogens with one attached hydrogen (secondary N) is 1. The molecule has 0 aliphatic heterocycles. The summed E-state index contributed by atoms with van der Waals surface area (Å²) in [6.45, 7) is 1.91. The van der Waals surface area contributed by atoms with Crippen LogP contribution in [-0.4, -0.2) is 33.1 Å². The summed E-state index contributed by atoms with van der Waals surface area (Å²) in [5, 5.41) is 29.0. The number of aryl methyl sites for hydroxylation is 1. The minimum atomic E-state index is -1.00. The molecule has 82 valence electrons. The van der Waals surface area contributed by atoms with Crippen molar-refractivity contribution in [1.82, 2.24) is 10.2 Å². The number of aliphatic hydroxyl groups excluding tert-OH is 2. The van der Waals surface area contributed by atoms with E-state index in [0.29, 0.717) is 11.3 Å². The van der Waals surface area contributed by atoms with E-state index in [9.17, 15) is 10.2 Å². The molecule has 3 N–H and O–H groups in total. The van der Waals surface area contributed by atoms with Gasteiger partial charge >= 0.3 is 0 Å². The lowest BCUT2D eigenvalue weighted by Crippen LogP contribution is -2.19. The largest absolute Gasteiger partial charge is 0.390 e. The summed E-state index contributed by atoms with van der Waals surface area (Å²) in [5.41, 5.74) is 9.32. The number of aromatic amines is 1. The highest BCUT2D eigenvalue weighted by atomic mass is 16.3. The first-order valence-corrected chi connectivity index (χ1v) is 4.53. The van der Waals surface area contributed by atoms with Crippen LogP contribution in [0.3, 0.4) is 0 Å². The third-order valence-corrected chi connectivity index (χ3v) is 2.14. The van der Waals surface area contributed by atoms with Gasteiger partial charge in [0.05, 0.1) is 12.3 Å². The van der Waals surface area contributed by atoms with Crippen molar-refractivity contribution in [2.45, 2.75) is 25.6 Å². The summed E-state index contributed by atoms with van der Waals surface area (Å²) >= 11 is 0. The molecule has 0 saturated carbocycles. The number of H-pyrrole nitrogens is 1. The van der Waals surface area contributed by atoms with E-state index < -0.39 is 12.2 Å². The first-order valence-electron chi connectivity index (χ1n) is 4.53. The van der Waals surface area contributed by atoms with Gasteiger partial charge in [-0.05, 0) is 18.9 Å². The molecule has 7 nitrogen and oxygen atoms in total. The molecule has 0 aliphatic rings. The zero-order valence-corrected chi connectivity index (χ0v) is 8.33. The zero-order chi connectivity index (χ0) is 11.3. The summed E-state index contributed by atoms with van der Waals surface area (Å²) in [5.74, 6) is 0. The fourth-order valence-corrected chi connectivity index (χ4v) is 1.26. The Hall–Kier alpha value is -1.56. The van der Waals surface area contributed by atoms with Crippen molar-refractivity contribution < 1.29 is 10.2 Å². The number of azide groups is 1. The van der Waals surface area contributed by atoms with Gasteiger partial charge in [0.25, 0.3) is 0 Å². The molecule has 0 radical (unpaired) electrons. The molecule has 1 aromatic rings. The Morgan fingerprint density at radius 3 is 2.93 bits per heavy atom. The maximum absolute atomic E-state index is 9.71. The predicted molar refractivity (Wildman–Crippen MR) is 52.9 cm³/mol. The van der Waals surface area contributed by atoms with Crippen LogP contribution in [-0.2, 0) is 0 Å². The Morgan fingerprint density at radius 2 is 2.40 bits per heavy atom. The third-order valence-electron chi connectivity index (χ3n) is 2.14. The molecule has 1 aromatic heterocycles. The van der Waals surface area contributed by atoms with Crippen molar-refractivity contribution in [1.29, 1.82) is 0 Å². The fourth-order valence-electron chi connectivity index (χ4n) is 1.26. The Kier molecular flexibility index (Phi) is 4.11. The highest BCUT2D eigenvalue weighted by molar-refractivity contribution is 5.18. The van der Waals surface area contributed by atoms with Crippen LogP contribution in [0.25, 0.3) is 10.4 Å². The van der Waals surface area contributed by atoms with Crippen molar-refractivity contribution in [3.8, 4) is 0 Å². The molecule has 0 fully saturated rings. The second-order valence-corrected chi connectivity index (χ2v) is 3.21. The number of aromatic nitrogens is 2. The van der Waals surface area contributed by atoms with Crippen molar-refractivity contribution in [2.24, 2.45) is 5.11 Å². The van der Waals surface area contributed by atoms with Gasteiger partial charge < -0.3 is 10.2 Å². The standard InChI is InChI=1S/C8H13N5O2/c1-5-6(4-11-12-5)8(15)7(14)2-3-10-13-9/h4,7-8,14-15H,2-3H2,1H3,(H,11,12). The Balaban J connectivity index is 2.56. The highest BCUT2D eigenvalue weighted by Gasteiger charge is 2.20. The maximum atomic E-state index is 9.71. The Labute approximate surface area is 86.4 Å². The third kappa shape index (κ3) is 2.95. The monoisotopic (exact) mass is 211 g/mol. The van der Waals surface area contributed by atoms with E-state index in [2.05, 4.69) is 20.2 Å². The van der Waals surface area contributed by atoms with Gasteiger partial charge in [0.2, 0.25) is 0 Å². The SMILES string of the molecule is Cc1[nH]ncc1C(O)C(O)CCN=[N+]=[N-]. The van der Waals surface area contributed by atoms with Crippen LogP contribution in [0.4, 0.5) is 0 Å². The van der Waals surface area contributed by atoms with Crippen LogP contribution in [0.5, 0.6) is 0 Å². The van der Waals surface area contributed by atoms with Crippen molar-refractivity contribution in [2.75, 3.05) is 6.54 Å². The molecular formula is C8H13N5O2. The van der Waals surface area contributed by atoms with Gasteiger partial charge in [0, 0.05) is 22.7 Å². The number of hydrogen-bond acceptors (Lipinski definition) is 4. The van der Waals surface area contributed by atoms with Crippen LogP contribution in [0.2, 0.25) is 0 Å². The minimum absolute atomic E-state index is 0.158. The Bertz CT molecular complexity index is 358. The lowest BCUT2D eigenvalue weighted by Gasteiger charge is -2.16. The lowest BCUT2D eigenvalue weighted by atomic mass is 10.0. The molecule has 7 heteroatoms. The van der Waals surface area contributed by atoms with Crippen LogP contribution in [0.15, 0.2) is 11.3 Å². The Morgan fingerprint density at radius 1 is 1.67 bits per heavy atom. The number of rotatable bonds is 5. The van der Waals surface area contributed by atoms with Gasteiger partial charge in [0.1, 0.15) is 6.10 Å². The van der Waals surface area contributed by atoms with Crippen LogP contribution in [0, 0.1) is 6.92 Å². The molecule has 15 heavy (non-hydrogen) atoms. The summed E-state index contributed by atoms with van der Waals surface area (Å²) in [7, 11) is 0. The molecule has 0 saturated heterocycles. The fraction of sp³-hybridized carbons (Fsp3) is 0.625. The maximum Gasteiger partial charge on any atom is 0.108 e. The summed E-state index contributed by atoms with van der Waals surface area (Å²) < 4.78 is 0. The number of aliphatic hydroxyl groups is 2. The molecule has 1 heterocycles. The first-order chi connectivity index (χ1) is 7.16. The van der Waals surface area contributed by atoms with E-state index in [4.69, 9.17) is 5.53 Å². The van der Waals surface area contributed by atoms with E-state index in [1.54, 1.807) is 6.92 Å². The molecule has 0 spiro atoms. The molecule has 0 amide bonds. The van der Waals surface area contributed by atoms with Gasteiger partial charge in [-0.3, -0.25) is 5.10 Å². The smallest absolute Gasteiger partial charge is 0.108 e. The lowest BCUT2D eigenvalue weighted by molar-refractivity contribution is 0.0147. The van der Waals surface area contributed by atoms with E-state index in [1.807, 2.05) is 0 Å². The highest BCUT2D eigenvalue weighted by Crippen LogP contribution is 2.20. The second kappa shape index (κ2) is 5.35. The molecule has 2 unspecified atom stereocenters. The topological polar surface area (TPSA) is 118 Å². The van der Waals surface area contributed by atoms with E-state index >= 15 is 0 Å². The van der Waals surface area contributed by atoms with Crippen LogP contribution >= 0.6 is 0 Å². The minimum Gasteiger partial charge on any atom is -0.390 e. The van der Waals surface area contributed by atoms with Gasteiger partial charge in [-0.25, -0.2) is 0 Å². The molecule has 2 atom stereocenters. The number of hydrogen-bond donors (Lipinski definition) is 3. The molecule has 0 aliphatic carbocycles. The quantitative estimate of drug-likeness (QED) is 0.380. The average Bonchev–Trinajstić information content (AvgIpc) is 2.63. The second-order valence-electron chi connectivity index (χ2n) is 3.21. The van der Waals surface area contributed by atoms with E-state index in [1.165, 1.54) is 6.20 Å². The summed E-state index contributed by atoms with van der Waals surface area (Å²) in [6.07, 6.45) is -0.267.